The van der Waals surface area contributed by atoms with Crippen LogP contribution in [-0.4, -0.2) is 48.0 Å². The van der Waals surface area contributed by atoms with Crippen LogP contribution in [0.5, 0.6) is 5.75 Å². The van der Waals surface area contributed by atoms with Gasteiger partial charge in [-0.05, 0) is 56.8 Å². The quantitative estimate of drug-likeness (QED) is 0.786. The summed E-state index contributed by atoms with van der Waals surface area (Å²) in [6.07, 6.45) is 2.80. The highest BCUT2D eigenvalue weighted by molar-refractivity contribution is 7.92. The van der Waals surface area contributed by atoms with Gasteiger partial charge >= 0.3 is 0 Å². The molecule has 27 heavy (non-hydrogen) atoms. The Bertz CT molecular complexity index is 892. The number of aromatic nitrogens is 2. The molecule has 1 saturated heterocycles. The van der Waals surface area contributed by atoms with E-state index in [9.17, 15) is 13.2 Å². The normalized spacial score (nSPS) is 15.0. The molecule has 1 aliphatic rings. The molecular formula is C17H22N4O4S2. The Balaban J connectivity index is 2.00. The molecule has 8 nitrogen and oxygen atoms in total. The molecule has 0 saturated carbocycles. The van der Waals surface area contributed by atoms with Gasteiger partial charge in [-0.2, -0.15) is 0 Å². The summed E-state index contributed by atoms with van der Waals surface area (Å²) in [5.74, 6) is 0.214. The van der Waals surface area contributed by atoms with Crippen molar-refractivity contribution in [3.8, 4) is 5.75 Å². The number of rotatable bonds is 6. The third-order valence-corrected chi connectivity index (χ3v) is 5.99. The van der Waals surface area contributed by atoms with Gasteiger partial charge in [0.05, 0.1) is 17.0 Å². The molecule has 10 heteroatoms. The molecule has 1 fully saturated rings. The molecule has 0 unspecified atom stereocenters. The molecule has 1 aliphatic heterocycles. The molecule has 0 bridgehead atoms. The molecular weight excluding hydrogens is 388 g/mol. The summed E-state index contributed by atoms with van der Waals surface area (Å²) in [4.78, 5) is 14.5. The third-order valence-electron chi connectivity index (χ3n) is 4.09. The van der Waals surface area contributed by atoms with Crippen molar-refractivity contribution in [2.75, 3.05) is 17.8 Å². The monoisotopic (exact) mass is 410 g/mol. The molecule has 1 N–H and O–H groups in total. The van der Waals surface area contributed by atoms with Crippen LogP contribution < -0.4 is 9.46 Å². The number of nitrogens with zero attached hydrogens (tertiary/aromatic N) is 3. The van der Waals surface area contributed by atoms with E-state index in [2.05, 4.69) is 14.3 Å². The van der Waals surface area contributed by atoms with Gasteiger partial charge in [-0.25, -0.2) is 8.42 Å². The summed E-state index contributed by atoms with van der Waals surface area (Å²) in [7, 11) is -4.03. The van der Waals surface area contributed by atoms with Crippen molar-refractivity contribution in [3.05, 3.63) is 29.1 Å². The average molecular weight is 411 g/mol. The van der Waals surface area contributed by atoms with Crippen LogP contribution in [0.25, 0.3) is 0 Å². The fourth-order valence-electron chi connectivity index (χ4n) is 2.92. The first-order chi connectivity index (χ1) is 12.9. The maximum atomic E-state index is 13.0. The van der Waals surface area contributed by atoms with Gasteiger partial charge in [-0.1, -0.05) is 4.49 Å². The van der Waals surface area contributed by atoms with Gasteiger partial charge in [0.2, 0.25) is 0 Å². The van der Waals surface area contributed by atoms with Gasteiger partial charge in [0, 0.05) is 19.2 Å². The highest BCUT2D eigenvalue weighted by Gasteiger charge is 2.28. The van der Waals surface area contributed by atoms with Gasteiger partial charge in [-0.3, -0.25) is 9.52 Å². The number of ether oxygens (including phenoxy) is 1. The number of carbonyl (C=O) groups excluding carboxylic acids is 1. The molecule has 2 heterocycles. The summed E-state index contributed by atoms with van der Waals surface area (Å²) >= 11 is 1.03. The fourth-order valence-corrected chi connectivity index (χ4v) is 4.58. The smallest absolute Gasteiger partial charge is 0.264 e. The van der Waals surface area contributed by atoms with Gasteiger partial charge in [0.25, 0.3) is 15.9 Å². The third kappa shape index (κ3) is 4.75. The van der Waals surface area contributed by atoms with Crippen molar-refractivity contribution in [1.29, 1.82) is 0 Å². The predicted molar refractivity (Wildman–Crippen MR) is 103 cm³/mol. The number of benzene rings is 1. The second-order valence-corrected chi connectivity index (χ2v) is 8.83. The maximum absolute atomic E-state index is 13.0. The zero-order chi connectivity index (χ0) is 19.4. The van der Waals surface area contributed by atoms with Crippen LogP contribution in [0, 0.1) is 0 Å². The van der Waals surface area contributed by atoms with Crippen LogP contribution >= 0.6 is 11.5 Å². The topological polar surface area (TPSA) is 101 Å². The van der Waals surface area contributed by atoms with E-state index in [1.54, 1.807) is 11.0 Å². The number of nitrogens with one attached hydrogen (secondary N) is 1. The van der Waals surface area contributed by atoms with E-state index in [-0.39, 0.29) is 28.3 Å². The van der Waals surface area contributed by atoms with Gasteiger partial charge in [0.1, 0.15) is 10.6 Å². The van der Waals surface area contributed by atoms with E-state index in [4.69, 9.17) is 4.74 Å². The fraction of sp³-hybridized carbons (Fsp3) is 0.471. The standard InChI is InChI=1S/C17H22N4O4S2/c1-12(2)25-13-6-7-14(17(22)21-8-4-3-5-9-21)15(10-13)27(23,24)19-16-11-26-20-18-16/h6-7,10-12,19H,3-5,8-9H2,1-2H3. The van der Waals surface area contributed by atoms with Crippen molar-refractivity contribution >= 4 is 33.3 Å². The summed E-state index contributed by atoms with van der Waals surface area (Å²) in [6, 6.07) is 4.53. The summed E-state index contributed by atoms with van der Waals surface area (Å²) in [5.41, 5.74) is 0.128. The number of sulfonamides is 1. The number of anilines is 1. The van der Waals surface area contributed by atoms with Gasteiger partial charge in [0.15, 0.2) is 5.82 Å². The first-order valence-electron chi connectivity index (χ1n) is 8.76. The van der Waals surface area contributed by atoms with Crippen molar-refractivity contribution in [1.82, 2.24) is 14.5 Å². The lowest BCUT2D eigenvalue weighted by atomic mass is 10.1. The second kappa shape index (κ2) is 8.22. The van der Waals surface area contributed by atoms with E-state index < -0.39 is 10.0 Å². The number of carbonyl (C=O) groups is 1. The number of likely N-dealkylation sites (tertiary alicyclic amines) is 1. The lowest BCUT2D eigenvalue weighted by Gasteiger charge is -2.27. The number of hydrogen-bond acceptors (Lipinski definition) is 7. The zero-order valence-corrected chi connectivity index (χ0v) is 16.8. The van der Waals surface area contributed by atoms with Crippen LogP contribution in [0.3, 0.4) is 0 Å². The lowest BCUT2D eigenvalue weighted by Crippen LogP contribution is -2.36. The van der Waals surface area contributed by atoms with Crippen molar-refractivity contribution in [3.63, 3.8) is 0 Å². The second-order valence-electron chi connectivity index (χ2n) is 6.57. The Morgan fingerprint density at radius 2 is 2.00 bits per heavy atom. The minimum atomic E-state index is -4.03. The summed E-state index contributed by atoms with van der Waals surface area (Å²) < 4.78 is 37.5. The number of hydrogen-bond donors (Lipinski definition) is 1. The van der Waals surface area contributed by atoms with E-state index in [1.165, 1.54) is 17.5 Å². The van der Waals surface area contributed by atoms with Crippen LogP contribution in [0.4, 0.5) is 5.82 Å². The number of piperidine rings is 1. The van der Waals surface area contributed by atoms with E-state index in [0.29, 0.717) is 18.8 Å². The largest absolute Gasteiger partial charge is 0.491 e. The molecule has 3 rings (SSSR count). The molecule has 1 aromatic heterocycles. The van der Waals surface area contributed by atoms with E-state index in [1.807, 2.05) is 13.8 Å². The summed E-state index contributed by atoms with van der Waals surface area (Å²) in [6.45, 7) is 4.96. The first kappa shape index (κ1) is 19.6. The minimum Gasteiger partial charge on any atom is -0.491 e. The Morgan fingerprint density at radius 3 is 2.63 bits per heavy atom. The van der Waals surface area contributed by atoms with E-state index >= 15 is 0 Å². The Morgan fingerprint density at radius 1 is 1.26 bits per heavy atom. The lowest BCUT2D eigenvalue weighted by molar-refractivity contribution is 0.0720. The maximum Gasteiger partial charge on any atom is 0.264 e. The van der Waals surface area contributed by atoms with Crippen molar-refractivity contribution < 1.29 is 17.9 Å². The van der Waals surface area contributed by atoms with Crippen molar-refractivity contribution in [2.24, 2.45) is 0 Å². The van der Waals surface area contributed by atoms with Gasteiger partial charge in [-0.15, -0.1) is 5.10 Å². The summed E-state index contributed by atoms with van der Waals surface area (Å²) in [5, 5.41) is 5.20. The molecule has 2 aromatic rings. The molecule has 1 aromatic carbocycles. The number of amides is 1. The van der Waals surface area contributed by atoms with Crippen LogP contribution in [0.1, 0.15) is 43.5 Å². The van der Waals surface area contributed by atoms with Crippen LogP contribution in [0.2, 0.25) is 0 Å². The first-order valence-corrected chi connectivity index (χ1v) is 11.1. The zero-order valence-electron chi connectivity index (χ0n) is 15.2. The molecule has 0 atom stereocenters. The molecule has 0 spiro atoms. The Hall–Kier alpha value is -2.20. The van der Waals surface area contributed by atoms with Crippen LogP contribution in [0.15, 0.2) is 28.5 Å². The van der Waals surface area contributed by atoms with E-state index in [0.717, 1.165) is 30.8 Å². The Labute approximate surface area is 162 Å². The van der Waals surface area contributed by atoms with Gasteiger partial charge < -0.3 is 9.64 Å². The average Bonchev–Trinajstić information content (AvgIpc) is 3.13. The molecule has 0 aliphatic carbocycles. The predicted octanol–water partition coefficient (Wildman–Crippen LogP) is 2.75. The van der Waals surface area contributed by atoms with Crippen molar-refractivity contribution in [2.45, 2.75) is 44.1 Å². The molecule has 0 radical (unpaired) electrons. The minimum absolute atomic E-state index is 0.117. The molecule has 146 valence electrons. The Kier molecular flexibility index (Phi) is 5.95. The van der Waals surface area contributed by atoms with Crippen LogP contribution in [-0.2, 0) is 10.0 Å². The highest BCUT2D eigenvalue weighted by atomic mass is 32.2. The SMILES string of the molecule is CC(C)Oc1ccc(C(=O)N2CCCCC2)c(S(=O)(=O)Nc2csnn2)c1. The highest BCUT2D eigenvalue weighted by Crippen LogP contribution is 2.27. The molecule has 1 amide bonds.